The predicted molar refractivity (Wildman–Crippen MR) is 64.6 cm³/mol. The Kier molecular flexibility index (Phi) is 3.54. The van der Waals surface area contributed by atoms with Gasteiger partial charge >= 0.3 is 0 Å². The third-order valence-corrected chi connectivity index (χ3v) is 3.88. The lowest BCUT2D eigenvalue weighted by Crippen LogP contribution is -2.33. The molecule has 1 rings (SSSR count). The van der Waals surface area contributed by atoms with Crippen molar-refractivity contribution in [1.29, 1.82) is 0 Å². The summed E-state index contributed by atoms with van der Waals surface area (Å²) >= 11 is 0. The molecule has 0 N–H and O–H groups in total. The Morgan fingerprint density at radius 2 is 2.13 bits per heavy atom. The van der Waals surface area contributed by atoms with E-state index in [2.05, 4.69) is 39.8 Å². The smallest absolute Gasteiger partial charge is 0.152 e. The van der Waals surface area contributed by atoms with Crippen LogP contribution in [0.1, 0.15) is 41.0 Å². The highest BCUT2D eigenvalue weighted by atomic mass is 16.1. The van der Waals surface area contributed by atoms with Crippen molar-refractivity contribution in [2.75, 3.05) is 0 Å². The quantitative estimate of drug-likeness (QED) is 0.496. The first-order valence-corrected chi connectivity index (χ1v) is 5.71. The average Bonchev–Trinajstić information content (AvgIpc) is 2.11. The van der Waals surface area contributed by atoms with Gasteiger partial charge in [0.05, 0.1) is 0 Å². The molecule has 1 nitrogen and oxygen atoms in total. The van der Waals surface area contributed by atoms with Crippen LogP contribution in [0.25, 0.3) is 0 Å². The van der Waals surface area contributed by atoms with Gasteiger partial charge in [0.2, 0.25) is 0 Å². The van der Waals surface area contributed by atoms with Crippen molar-refractivity contribution in [3.63, 3.8) is 0 Å². The first-order valence-electron chi connectivity index (χ1n) is 5.71. The zero-order valence-electron chi connectivity index (χ0n) is 10.5. The molecule has 0 spiro atoms. The Bertz CT molecular complexity index is 307. The minimum atomic E-state index is 0.136. The van der Waals surface area contributed by atoms with Gasteiger partial charge in [-0.15, -0.1) is 0 Å². The van der Waals surface area contributed by atoms with Gasteiger partial charge in [-0.25, -0.2) is 0 Å². The van der Waals surface area contributed by atoms with Crippen molar-refractivity contribution >= 4 is 5.78 Å². The molecule has 84 valence electrons. The van der Waals surface area contributed by atoms with Crippen LogP contribution >= 0.6 is 0 Å². The van der Waals surface area contributed by atoms with E-state index >= 15 is 0 Å². The van der Waals surface area contributed by atoms with Crippen molar-refractivity contribution in [3.8, 4) is 0 Å². The Balaban J connectivity index is 2.96. The lowest BCUT2D eigenvalue weighted by atomic mass is 9.63. The monoisotopic (exact) mass is 206 g/mol. The summed E-state index contributed by atoms with van der Waals surface area (Å²) in [5, 5.41) is 0. The molecule has 0 bridgehead atoms. The molecule has 0 aromatic rings. The van der Waals surface area contributed by atoms with Crippen LogP contribution in [0.15, 0.2) is 23.8 Å². The largest absolute Gasteiger partial charge is 0.295 e. The molecule has 0 aromatic heterocycles. The summed E-state index contributed by atoms with van der Waals surface area (Å²) in [6.07, 6.45) is 7.25. The van der Waals surface area contributed by atoms with E-state index in [1.165, 1.54) is 5.57 Å². The van der Waals surface area contributed by atoms with Crippen molar-refractivity contribution in [3.05, 3.63) is 23.8 Å². The van der Waals surface area contributed by atoms with Gasteiger partial charge in [-0.05, 0) is 37.7 Å². The minimum absolute atomic E-state index is 0.136. The Morgan fingerprint density at radius 3 is 2.67 bits per heavy atom. The van der Waals surface area contributed by atoms with E-state index in [9.17, 15) is 4.79 Å². The molecule has 0 saturated heterocycles. The van der Waals surface area contributed by atoms with Crippen LogP contribution in [0, 0.1) is 17.3 Å². The highest BCUT2D eigenvalue weighted by Gasteiger charge is 2.36. The van der Waals surface area contributed by atoms with Crippen molar-refractivity contribution in [1.82, 2.24) is 0 Å². The van der Waals surface area contributed by atoms with Gasteiger partial charge in [0.1, 0.15) is 0 Å². The van der Waals surface area contributed by atoms with Gasteiger partial charge in [-0.3, -0.25) is 4.79 Å². The fraction of sp³-hybridized carbons (Fsp3) is 0.643. The summed E-state index contributed by atoms with van der Waals surface area (Å²) in [7, 11) is 0. The molecule has 0 aliphatic heterocycles. The van der Waals surface area contributed by atoms with Crippen LogP contribution in [0.2, 0.25) is 0 Å². The molecule has 1 aliphatic carbocycles. The number of allylic oxidation sites excluding steroid dienone is 4. The Labute approximate surface area is 93.3 Å². The standard InChI is InChI=1S/C14H22O/c1-10-6-7-11(2)14(4,5)13(10)9-8-12(3)15/h6,8-9,11,13H,7H2,1-5H3/b9-8-/t11-,13-/m0/s1. The fourth-order valence-corrected chi connectivity index (χ4v) is 2.32. The molecule has 2 atom stereocenters. The van der Waals surface area contributed by atoms with Crippen molar-refractivity contribution in [2.24, 2.45) is 17.3 Å². The van der Waals surface area contributed by atoms with Gasteiger partial charge < -0.3 is 0 Å². The molecule has 0 saturated carbocycles. The summed E-state index contributed by atoms with van der Waals surface area (Å²) in [5.74, 6) is 1.21. The van der Waals surface area contributed by atoms with Gasteiger partial charge in [-0.1, -0.05) is 38.5 Å². The Morgan fingerprint density at radius 1 is 1.53 bits per heavy atom. The van der Waals surface area contributed by atoms with Crippen LogP contribution in [0.3, 0.4) is 0 Å². The van der Waals surface area contributed by atoms with Gasteiger partial charge in [0, 0.05) is 5.92 Å². The highest BCUT2D eigenvalue weighted by Crippen LogP contribution is 2.45. The van der Waals surface area contributed by atoms with E-state index in [1.807, 2.05) is 0 Å². The van der Waals surface area contributed by atoms with Gasteiger partial charge in [-0.2, -0.15) is 0 Å². The third kappa shape index (κ3) is 2.58. The van der Waals surface area contributed by atoms with Crippen LogP contribution < -0.4 is 0 Å². The second kappa shape index (κ2) is 4.34. The minimum Gasteiger partial charge on any atom is -0.295 e. The predicted octanol–water partition coefficient (Wildman–Crippen LogP) is 3.76. The second-order valence-corrected chi connectivity index (χ2v) is 5.35. The molecule has 15 heavy (non-hydrogen) atoms. The summed E-state index contributed by atoms with van der Waals surface area (Å²) in [6, 6.07) is 0. The third-order valence-electron chi connectivity index (χ3n) is 3.88. The van der Waals surface area contributed by atoms with Gasteiger partial charge in [0.15, 0.2) is 5.78 Å². The summed E-state index contributed by atoms with van der Waals surface area (Å²) in [6.45, 7) is 10.7. The number of carbonyl (C=O) groups excluding carboxylic acids is 1. The van der Waals surface area contributed by atoms with E-state index in [-0.39, 0.29) is 11.2 Å². The molecule has 0 unspecified atom stereocenters. The number of hydrogen-bond donors (Lipinski definition) is 0. The van der Waals surface area contributed by atoms with E-state index in [0.717, 1.165) is 6.42 Å². The van der Waals surface area contributed by atoms with Crippen LogP contribution in [0.5, 0.6) is 0 Å². The van der Waals surface area contributed by atoms with Crippen LogP contribution in [0.4, 0.5) is 0 Å². The lowest BCUT2D eigenvalue weighted by molar-refractivity contribution is -0.112. The molecule has 0 amide bonds. The van der Waals surface area contributed by atoms with E-state index in [1.54, 1.807) is 13.0 Å². The summed E-state index contributed by atoms with van der Waals surface area (Å²) < 4.78 is 0. The fourth-order valence-electron chi connectivity index (χ4n) is 2.32. The van der Waals surface area contributed by atoms with Crippen molar-refractivity contribution in [2.45, 2.75) is 41.0 Å². The molecule has 1 heteroatoms. The highest BCUT2D eigenvalue weighted by molar-refractivity contribution is 5.87. The molecular weight excluding hydrogens is 184 g/mol. The second-order valence-electron chi connectivity index (χ2n) is 5.35. The SMILES string of the molecule is CC(=O)/C=C\[C@H]1C(C)=CC[C@H](C)C1(C)C. The maximum absolute atomic E-state index is 11.0. The summed E-state index contributed by atoms with van der Waals surface area (Å²) in [5.41, 5.74) is 1.65. The maximum Gasteiger partial charge on any atom is 0.152 e. The molecule has 0 radical (unpaired) electrons. The first kappa shape index (κ1) is 12.2. The maximum atomic E-state index is 11.0. The van der Waals surface area contributed by atoms with Crippen LogP contribution in [-0.2, 0) is 4.79 Å². The molecule has 0 fully saturated rings. The van der Waals surface area contributed by atoms with E-state index in [4.69, 9.17) is 0 Å². The topological polar surface area (TPSA) is 17.1 Å². The number of carbonyl (C=O) groups is 1. The number of hydrogen-bond acceptors (Lipinski definition) is 1. The van der Waals surface area contributed by atoms with E-state index in [0.29, 0.717) is 11.8 Å². The molecule has 1 aliphatic rings. The van der Waals surface area contributed by atoms with Crippen molar-refractivity contribution < 1.29 is 4.79 Å². The van der Waals surface area contributed by atoms with Crippen LogP contribution in [-0.4, -0.2) is 5.78 Å². The zero-order valence-corrected chi connectivity index (χ0v) is 10.5. The molecular formula is C14H22O. The number of rotatable bonds is 2. The molecule has 0 heterocycles. The zero-order chi connectivity index (χ0) is 11.6. The first-order chi connectivity index (χ1) is 6.85. The summed E-state index contributed by atoms with van der Waals surface area (Å²) in [4.78, 5) is 11.0. The average molecular weight is 206 g/mol. The van der Waals surface area contributed by atoms with Gasteiger partial charge in [0.25, 0.3) is 0 Å². The lowest BCUT2D eigenvalue weighted by Gasteiger charge is -2.42. The normalized spacial score (nSPS) is 30.3. The van der Waals surface area contributed by atoms with E-state index < -0.39 is 0 Å². The number of ketones is 1. The Hall–Kier alpha value is -0.850. The molecule has 0 aromatic carbocycles.